The lowest BCUT2D eigenvalue weighted by Crippen LogP contribution is -2.06. The van der Waals surface area contributed by atoms with E-state index in [1.54, 1.807) is 13.3 Å². The number of ether oxygens (including phenoxy) is 2. The van der Waals surface area contributed by atoms with E-state index in [-0.39, 0.29) is 0 Å². The summed E-state index contributed by atoms with van der Waals surface area (Å²) in [7, 11) is 1.59. The number of pyridine rings is 1. The zero-order valence-corrected chi connectivity index (χ0v) is 11.9. The first-order chi connectivity index (χ1) is 9.71. The molecule has 0 aromatic carbocycles. The molecule has 0 saturated heterocycles. The summed E-state index contributed by atoms with van der Waals surface area (Å²) in [6.07, 6.45) is 1.76. The van der Waals surface area contributed by atoms with Crippen LogP contribution in [0.5, 0.6) is 11.8 Å². The van der Waals surface area contributed by atoms with Crippen LogP contribution in [0.4, 0.5) is 5.95 Å². The van der Waals surface area contributed by atoms with Gasteiger partial charge in [-0.3, -0.25) is 0 Å². The minimum Gasteiger partial charge on any atom is -0.481 e. The van der Waals surface area contributed by atoms with Crippen LogP contribution in [0.25, 0.3) is 0 Å². The molecule has 2 heterocycles. The standard InChI is InChI=1S/C14H18N4O2/c1-4-20-13-7-10(2)17-14(18-13)16-9-11-5-6-12(19-3)15-8-11/h5-8H,4,9H2,1-3H3,(H,16,17,18). The van der Waals surface area contributed by atoms with Gasteiger partial charge in [-0.05, 0) is 19.4 Å². The van der Waals surface area contributed by atoms with Crippen molar-refractivity contribution in [1.82, 2.24) is 15.0 Å². The zero-order chi connectivity index (χ0) is 14.4. The van der Waals surface area contributed by atoms with Crippen LogP contribution < -0.4 is 14.8 Å². The van der Waals surface area contributed by atoms with Crippen LogP contribution in [0.1, 0.15) is 18.2 Å². The van der Waals surface area contributed by atoms with Crippen LogP contribution in [0, 0.1) is 6.92 Å². The van der Waals surface area contributed by atoms with Gasteiger partial charge < -0.3 is 14.8 Å². The smallest absolute Gasteiger partial charge is 0.226 e. The number of hydrogen-bond acceptors (Lipinski definition) is 6. The molecule has 0 bridgehead atoms. The molecule has 1 N–H and O–H groups in total. The fraction of sp³-hybridized carbons (Fsp3) is 0.357. The number of rotatable bonds is 6. The highest BCUT2D eigenvalue weighted by molar-refractivity contribution is 5.32. The highest BCUT2D eigenvalue weighted by Crippen LogP contribution is 2.13. The Hall–Kier alpha value is -2.37. The minimum absolute atomic E-state index is 0.546. The number of aryl methyl sites for hydroxylation is 1. The van der Waals surface area contributed by atoms with E-state index in [0.717, 1.165) is 11.3 Å². The van der Waals surface area contributed by atoms with E-state index < -0.39 is 0 Å². The Kier molecular flexibility index (Phi) is 4.70. The second kappa shape index (κ2) is 6.70. The molecule has 0 aliphatic rings. The number of aromatic nitrogens is 3. The van der Waals surface area contributed by atoms with Crippen LogP contribution in [-0.4, -0.2) is 28.7 Å². The van der Waals surface area contributed by atoms with E-state index in [0.29, 0.717) is 30.9 Å². The van der Waals surface area contributed by atoms with Crippen molar-refractivity contribution in [1.29, 1.82) is 0 Å². The second-order valence-electron chi connectivity index (χ2n) is 4.17. The van der Waals surface area contributed by atoms with Gasteiger partial charge in [-0.25, -0.2) is 9.97 Å². The van der Waals surface area contributed by atoms with Crippen molar-refractivity contribution in [2.75, 3.05) is 19.0 Å². The topological polar surface area (TPSA) is 69.2 Å². The molecule has 2 aromatic heterocycles. The average Bonchev–Trinajstić information content (AvgIpc) is 2.45. The van der Waals surface area contributed by atoms with E-state index in [9.17, 15) is 0 Å². The molecule has 0 aliphatic carbocycles. The first-order valence-electron chi connectivity index (χ1n) is 6.42. The Morgan fingerprint density at radius 1 is 1.20 bits per heavy atom. The maximum absolute atomic E-state index is 5.39. The van der Waals surface area contributed by atoms with Crippen molar-refractivity contribution in [2.45, 2.75) is 20.4 Å². The Bertz CT molecular complexity index is 558. The largest absolute Gasteiger partial charge is 0.481 e. The van der Waals surface area contributed by atoms with Gasteiger partial charge in [-0.1, -0.05) is 6.07 Å². The van der Waals surface area contributed by atoms with Crippen LogP contribution in [0.2, 0.25) is 0 Å². The monoisotopic (exact) mass is 274 g/mol. The number of nitrogens with one attached hydrogen (secondary N) is 1. The summed E-state index contributed by atoms with van der Waals surface area (Å²) in [6, 6.07) is 5.57. The summed E-state index contributed by atoms with van der Waals surface area (Å²) in [6.45, 7) is 5.00. The summed E-state index contributed by atoms with van der Waals surface area (Å²) in [5.74, 6) is 1.72. The molecule has 2 aromatic rings. The Morgan fingerprint density at radius 3 is 2.70 bits per heavy atom. The Balaban J connectivity index is 2.02. The molecule has 6 heteroatoms. The SMILES string of the molecule is CCOc1cc(C)nc(NCc2ccc(OC)nc2)n1. The molecule has 0 fully saturated rings. The Morgan fingerprint density at radius 2 is 2.05 bits per heavy atom. The van der Waals surface area contributed by atoms with Gasteiger partial charge in [0.05, 0.1) is 13.7 Å². The predicted octanol–water partition coefficient (Wildman–Crippen LogP) is 2.20. The molecule has 0 radical (unpaired) electrons. The fourth-order valence-corrected chi connectivity index (χ4v) is 1.66. The van der Waals surface area contributed by atoms with E-state index >= 15 is 0 Å². The summed E-state index contributed by atoms with van der Waals surface area (Å²) in [5.41, 5.74) is 1.88. The maximum Gasteiger partial charge on any atom is 0.226 e. The summed E-state index contributed by atoms with van der Waals surface area (Å²) in [5, 5.41) is 3.16. The minimum atomic E-state index is 0.546. The van der Waals surface area contributed by atoms with Gasteiger partial charge in [0, 0.05) is 30.6 Å². The van der Waals surface area contributed by atoms with E-state index in [1.807, 2.05) is 32.0 Å². The van der Waals surface area contributed by atoms with Crippen molar-refractivity contribution >= 4 is 5.95 Å². The van der Waals surface area contributed by atoms with Gasteiger partial charge in [-0.2, -0.15) is 4.98 Å². The zero-order valence-electron chi connectivity index (χ0n) is 11.9. The molecule has 0 saturated carbocycles. The maximum atomic E-state index is 5.39. The normalized spacial score (nSPS) is 10.2. The fourth-order valence-electron chi connectivity index (χ4n) is 1.66. The summed E-state index contributed by atoms with van der Waals surface area (Å²) < 4.78 is 10.4. The molecular weight excluding hydrogens is 256 g/mol. The molecule has 0 spiro atoms. The third-order valence-corrected chi connectivity index (χ3v) is 2.58. The molecule has 2 rings (SSSR count). The third kappa shape index (κ3) is 3.81. The molecule has 6 nitrogen and oxygen atoms in total. The van der Waals surface area contributed by atoms with Crippen molar-refractivity contribution in [3.05, 3.63) is 35.7 Å². The van der Waals surface area contributed by atoms with Gasteiger partial charge >= 0.3 is 0 Å². The van der Waals surface area contributed by atoms with Crippen molar-refractivity contribution in [2.24, 2.45) is 0 Å². The molecule has 0 aliphatic heterocycles. The van der Waals surface area contributed by atoms with Gasteiger partial charge in [0.25, 0.3) is 0 Å². The lowest BCUT2D eigenvalue weighted by Gasteiger charge is -2.08. The molecular formula is C14H18N4O2. The van der Waals surface area contributed by atoms with Crippen molar-refractivity contribution in [3.8, 4) is 11.8 Å². The van der Waals surface area contributed by atoms with Crippen molar-refractivity contribution < 1.29 is 9.47 Å². The first-order valence-corrected chi connectivity index (χ1v) is 6.42. The van der Waals surface area contributed by atoms with E-state index in [4.69, 9.17) is 9.47 Å². The highest BCUT2D eigenvalue weighted by atomic mass is 16.5. The van der Waals surface area contributed by atoms with Gasteiger partial charge in [0.2, 0.25) is 17.7 Å². The van der Waals surface area contributed by atoms with E-state index in [2.05, 4.69) is 20.3 Å². The van der Waals surface area contributed by atoms with Crippen LogP contribution in [0.3, 0.4) is 0 Å². The molecule has 0 unspecified atom stereocenters. The number of anilines is 1. The number of nitrogens with zero attached hydrogens (tertiary/aromatic N) is 3. The van der Waals surface area contributed by atoms with Gasteiger partial charge in [0.15, 0.2) is 0 Å². The third-order valence-electron chi connectivity index (χ3n) is 2.58. The number of hydrogen-bond donors (Lipinski definition) is 1. The second-order valence-corrected chi connectivity index (χ2v) is 4.17. The average molecular weight is 274 g/mol. The van der Waals surface area contributed by atoms with Crippen molar-refractivity contribution in [3.63, 3.8) is 0 Å². The number of methoxy groups -OCH3 is 1. The molecule has 0 atom stereocenters. The van der Waals surface area contributed by atoms with Crippen LogP contribution in [0.15, 0.2) is 24.4 Å². The van der Waals surface area contributed by atoms with Gasteiger partial charge in [-0.15, -0.1) is 0 Å². The van der Waals surface area contributed by atoms with Gasteiger partial charge in [0.1, 0.15) is 0 Å². The molecule has 106 valence electrons. The molecule has 20 heavy (non-hydrogen) atoms. The lowest BCUT2D eigenvalue weighted by molar-refractivity contribution is 0.326. The Labute approximate surface area is 118 Å². The van der Waals surface area contributed by atoms with Crippen LogP contribution in [-0.2, 0) is 6.54 Å². The highest BCUT2D eigenvalue weighted by Gasteiger charge is 2.03. The lowest BCUT2D eigenvalue weighted by atomic mass is 10.3. The summed E-state index contributed by atoms with van der Waals surface area (Å²) in [4.78, 5) is 12.7. The molecule has 0 amide bonds. The van der Waals surface area contributed by atoms with E-state index in [1.165, 1.54) is 0 Å². The van der Waals surface area contributed by atoms with Crippen LogP contribution >= 0.6 is 0 Å². The first kappa shape index (κ1) is 14.0. The quantitative estimate of drug-likeness (QED) is 0.871. The summed E-state index contributed by atoms with van der Waals surface area (Å²) >= 11 is 0. The predicted molar refractivity (Wildman–Crippen MR) is 76.1 cm³/mol.